The molecule has 0 unspecified atom stereocenters. The summed E-state index contributed by atoms with van der Waals surface area (Å²) in [5, 5.41) is 1.49. The Kier molecular flexibility index (Phi) is 7.65. The van der Waals surface area contributed by atoms with Crippen LogP contribution in [0.5, 0.6) is 0 Å². The second-order valence-corrected chi connectivity index (χ2v) is 7.10. The molecule has 8 heteroatoms. The Morgan fingerprint density at radius 2 is 0.852 bits per heavy atom. The van der Waals surface area contributed by atoms with Gasteiger partial charge in [0.05, 0.1) is 0 Å². The van der Waals surface area contributed by atoms with Gasteiger partial charge in [-0.1, -0.05) is 59.6 Å². The third-order valence-corrected chi connectivity index (χ3v) is 4.49. The van der Waals surface area contributed by atoms with Crippen molar-refractivity contribution in [2.45, 2.75) is 10.8 Å². The van der Waals surface area contributed by atoms with Crippen LogP contribution in [-0.2, 0) is 12.6 Å². The number of benzene rings is 3. The second kappa shape index (κ2) is 9.53. The lowest BCUT2D eigenvalue weighted by molar-refractivity contribution is 0.368. The van der Waals surface area contributed by atoms with Crippen LogP contribution in [0.1, 0.15) is 22.6 Å². The lowest BCUT2D eigenvalue weighted by Crippen LogP contribution is -2.03. The minimum absolute atomic E-state index is 0.154. The first-order valence-corrected chi connectivity index (χ1v) is 9.09. The number of hydrogen-bond donors (Lipinski definition) is 0. The minimum atomic E-state index is -6.00. The van der Waals surface area contributed by atoms with Crippen molar-refractivity contribution in [3.63, 3.8) is 0 Å². The fourth-order valence-corrected chi connectivity index (χ4v) is 2.98. The summed E-state index contributed by atoms with van der Waals surface area (Å²) in [6, 6.07) is 24.4. The van der Waals surface area contributed by atoms with Crippen LogP contribution >= 0.6 is 23.2 Å². The molecular formula is C19H15BCl2F4S. The Morgan fingerprint density at radius 1 is 0.593 bits per heavy atom. The normalized spacial score (nSPS) is 11.1. The van der Waals surface area contributed by atoms with Gasteiger partial charge in [-0.15, -0.1) is 0 Å². The zero-order valence-electron chi connectivity index (χ0n) is 13.9. The third kappa shape index (κ3) is 7.49. The fraction of sp³-hybridized carbons (Fsp3) is 0.0526. The molecule has 0 nitrogen and oxygen atoms in total. The van der Waals surface area contributed by atoms with Crippen LogP contribution in [0, 0.1) is 0 Å². The van der Waals surface area contributed by atoms with Crippen molar-refractivity contribution in [3.05, 3.63) is 99.5 Å². The third-order valence-electron chi connectivity index (χ3n) is 3.65. The van der Waals surface area contributed by atoms with Crippen molar-refractivity contribution in [1.82, 2.24) is 0 Å². The van der Waals surface area contributed by atoms with Gasteiger partial charge in [0.15, 0.2) is 0 Å². The van der Waals surface area contributed by atoms with E-state index in [0.29, 0.717) is 0 Å². The smallest absolute Gasteiger partial charge is 0.418 e. The first-order valence-electron chi connectivity index (χ1n) is 7.83. The summed E-state index contributed by atoms with van der Waals surface area (Å²) in [6.45, 7) is 0. The van der Waals surface area contributed by atoms with Crippen LogP contribution in [-0.4, -0.2) is 7.25 Å². The highest BCUT2D eigenvalue weighted by atomic mass is 35.5. The predicted molar refractivity (Wildman–Crippen MR) is 109 cm³/mol. The zero-order valence-corrected chi connectivity index (χ0v) is 16.4. The monoisotopic (exact) mass is 432 g/mol. The Labute approximate surface area is 170 Å². The van der Waals surface area contributed by atoms with E-state index in [9.17, 15) is 17.3 Å². The van der Waals surface area contributed by atoms with Crippen molar-refractivity contribution in [2.24, 2.45) is 0 Å². The van der Waals surface area contributed by atoms with Gasteiger partial charge in [0.2, 0.25) is 0 Å². The summed E-state index contributed by atoms with van der Waals surface area (Å²) in [6.07, 6.45) is 0. The molecule has 0 heterocycles. The maximum absolute atomic E-state index is 9.75. The molecule has 0 radical (unpaired) electrons. The molecule has 0 spiro atoms. The second-order valence-electron chi connectivity index (χ2n) is 5.65. The van der Waals surface area contributed by atoms with Crippen LogP contribution < -0.4 is 0 Å². The standard InChI is InChI=1S/C19H14Cl2S.BF4/c20-16-7-1-13(2-8-16)19(14-3-9-17(21)10-4-14)15-5-11-18(22)12-6-15;2-1(3,4)5/h1-12,19,22H;/q;-1/p+1. The molecule has 0 atom stereocenters. The lowest BCUT2D eigenvalue weighted by atomic mass is 9.85. The summed E-state index contributed by atoms with van der Waals surface area (Å²) in [5.74, 6) is 0.154. The average Bonchev–Trinajstić information content (AvgIpc) is 2.59. The van der Waals surface area contributed by atoms with Crippen LogP contribution in [0.3, 0.4) is 0 Å². The molecule has 0 aliphatic carbocycles. The lowest BCUT2D eigenvalue weighted by Gasteiger charge is -2.19. The van der Waals surface area contributed by atoms with E-state index in [4.69, 9.17) is 23.2 Å². The Bertz CT molecular complexity index is 737. The molecule has 0 amide bonds. The van der Waals surface area contributed by atoms with E-state index in [1.54, 1.807) is 0 Å². The summed E-state index contributed by atoms with van der Waals surface area (Å²) >= 11 is 15.6. The van der Waals surface area contributed by atoms with Crippen molar-refractivity contribution in [1.29, 1.82) is 0 Å². The van der Waals surface area contributed by atoms with E-state index in [-0.39, 0.29) is 5.92 Å². The fourth-order valence-electron chi connectivity index (χ4n) is 2.56. The highest BCUT2D eigenvalue weighted by molar-refractivity contribution is 7.58. The molecule has 0 saturated heterocycles. The van der Waals surface area contributed by atoms with Crippen molar-refractivity contribution < 1.29 is 17.3 Å². The maximum atomic E-state index is 9.75. The van der Waals surface area contributed by atoms with Crippen molar-refractivity contribution >= 4 is 43.1 Å². The van der Waals surface area contributed by atoms with E-state index < -0.39 is 7.25 Å². The first kappa shape index (κ1) is 21.7. The molecular weight excluding hydrogens is 418 g/mol. The van der Waals surface area contributed by atoms with Gasteiger partial charge in [-0.3, -0.25) is 0 Å². The van der Waals surface area contributed by atoms with Gasteiger partial charge < -0.3 is 17.3 Å². The molecule has 27 heavy (non-hydrogen) atoms. The van der Waals surface area contributed by atoms with E-state index in [1.165, 1.54) is 16.7 Å². The Morgan fingerprint density at radius 3 is 1.15 bits per heavy atom. The highest BCUT2D eigenvalue weighted by Crippen LogP contribution is 2.33. The molecule has 0 aliphatic heterocycles. The SMILES string of the molecule is F[B-](F)(F)F.[SH2+]c1ccc(C(c2ccc(Cl)cc2)c2ccc(Cl)cc2)cc1. The molecule has 3 aromatic carbocycles. The molecule has 3 rings (SSSR count). The summed E-state index contributed by atoms with van der Waals surface area (Å²) < 4.78 is 39.0. The van der Waals surface area contributed by atoms with Gasteiger partial charge in [-0.05, 0) is 65.7 Å². The van der Waals surface area contributed by atoms with Gasteiger partial charge in [0, 0.05) is 16.0 Å². The number of halogens is 6. The van der Waals surface area contributed by atoms with Gasteiger partial charge in [0.25, 0.3) is 0 Å². The summed E-state index contributed by atoms with van der Waals surface area (Å²) in [7, 11) is -6.00. The van der Waals surface area contributed by atoms with Gasteiger partial charge in [-0.25, -0.2) is 0 Å². The largest absolute Gasteiger partial charge is 0.673 e. The first-order chi connectivity index (χ1) is 12.6. The quantitative estimate of drug-likeness (QED) is 0.184. The Hall–Kier alpha value is -1.63. The van der Waals surface area contributed by atoms with E-state index in [0.717, 1.165) is 14.9 Å². The average molecular weight is 433 g/mol. The minimum Gasteiger partial charge on any atom is -0.418 e. The van der Waals surface area contributed by atoms with Crippen LogP contribution in [0.15, 0.2) is 77.7 Å². The molecule has 142 valence electrons. The van der Waals surface area contributed by atoms with Crippen molar-refractivity contribution in [3.8, 4) is 0 Å². The number of hydrogen-bond acceptors (Lipinski definition) is 0. The van der Waals surface area contributed by atoms with E-state index >= 15 is 0 Å². The van der Waals surface area contributed by atoms with Gasteiger partial charge >= 0.3 is 7.25 Å². The van der Waals surface area contributed by atoms with E-state index in [2.05, 4.69) is 61.2 Å². The molecule has 3 aromatic rings. The Balaban J connectivity index is 0.000000465. The maximum Gasteiger partial charge on any atom is 0.673 e. The summed E-state index contributed by atoms with van der Waals surface area (Å²) in [4.78, 5) is 1.06. The predicted octanol–water partition coefficient (Wildman–Crippen LogP) is 6.84. The molecule has 0 bridgehead atoms. The molecule has 0 N–H and O–H groups in total. The highest BCUT2D eigenvalue weighted by Gasteiger charge is 2.20. The zero-order chi connectivity index (χ0) is 20.0. The number of rotatable bonds is 3. The molecule has 0 fully saturated rings. The van der Waals surface area contributed by atoms with Crippen LogP contribution in [0.2, 0.25) is 10.0 Å². The van der Waals surface area contributed by atoms with Gasteiger partial charge in [0.1, 0.15) is 4.90 Å². The molecule has 0 aromatic heterocycles. The topological polar surface area (TPSA) is 0 Å². The molecule has 0 saturated carbocycles. The van der Waals surface area contributed by atoms with Crippen molar-refractivity contribution in [2.75, 3.05) is 0 Å². The molecule has 0 aliphatic rings. The summed E-state index contributed by atoms with van der Waals surface area (Å²) in [5.41, 5.74) is 3.63. The van der Waals surface area contributed by atoms with Crippen LogP contribution in [0.25, 0.3) is 0 Å². The van der Waals surface area contributed by atoms with Crippen LogP contribution in [0.4, 0.5) is 17.3 Å². The van der Waals surface area contributed by atoms with Gasteiger partial charge in [-0.2, -0.15) is 0 Å². The van der Waals surface area contributed by atoms with E-state index in [1.807, 2.05) is 24.3 Å².